The lowest BCUT2D eigenvalue weighted by Crippen LogP contribution is -2.02. The molecule has 0 spiro atoms. The molecule has 0 unspecified atom stereocenters. The van der Waals surface area contributed by atoms with Gasteiger partial charge in [-0.1, -0.05) is 18.7 Å². The van der Waals surface area contributed by atoms with Crippen LogP contribution < -0.4 is 0 Å². The highest BCUT2D eigenvalue weighted by Crippen LogP contribution is 2.23. The Bertz CT molecular complexity index is 339. The molecule has 1 heteroatoms. The van der Waals surface area contributed by atoms with Crippen LogP contribution in [-0.4, -0.2) is 5.11 Å². The number of fused-ring (bicyclic) bond motifs is 1. The minimum Gasteiger partial charge on any atom is -0.508 e. The van der Waals surface area contributed by atoms with Crippen molar-refractivity contribution in [3.05, 3.63) is 41.5 Å². The lowest BCUT2D eigenvalue weighted by atomic mass is 9.90. The maximum atomic E-state index is 9.23. The summed E-state index contributed by atoms with van der Waals surface area (Å²) in [6.07, 6.45) is 4.91. The third-order valence-corrected chi connectivity index (χ3v) is 2.68. The van der Waals surface area contributed by atoms with Crippen molar-refractivity contribution in [1.82, 2.24) is 0 Å². The highest BCUT2D eigenvalue weighted by Gasteiger charge is 2.09. The van der Waals surface area contributed by atoms with Crippen molar-refractivity contribution < 1.29 is 5.11 Å². The van der Waals surface area contributed by atoms with E-state index in [-0.39, 0.29) is 5.76 Å². The van der Waals surface area contributed by atoms with Crippen molar-refractivity contribution in [2.75, 3.05) is 0 Å². The quantitative estimate of drug-likeness (QED) is 0.649. The fourth-order valence-corrected chi connectivity index (χ4v) is 1.91. The van der Waals surface area contributed by atoms with Gasteiger partial charge in [0, 0.05) is 5.56 Å². The Morgan fingerprint density at radius 2 is 1.85 bits per heavy atom. The van der Waals surface area contributed by atoms with E-state index in [9.17, 15) is 5.11 Å². The molecule has 0 heterocycles. The van der Waals surface area contributed by atoms with Crippen LogP contribution in [0.15, 0.2) is 24.8 Å². The number of hydrogen-bond donors (Lipinski definition) is 1. The molecule has 0 aromatic heterocycles. The molecule has 1 aliphatic rings. The molecule has 0 radical (unpaired) electrons. The van der Waals surface area contributed by atoms with E-state index in [2.05, 4.69) is 18.7 Å². The van der Waals surface area contributed by atoms with Gasteiger partial charge < -0.3 is 5.11 Å². The largest absolute Gasteiger partial charge is 0.508 e. The first-order valence-electron chi connectivity index (χ1n) is 4.77. The second-order valence-corrected chi connectivity index (χ2v) is 3.64. The summed E-state index contributed by atoms with van der Waals surface area (Å²) in [6.45, 7) is 3.53. The molecular weight excluding hydrogens is 160 g/mol. The zero-order chi connectivity index (χ0) is 9.26. The van der Waals surface area contributed by atoms with Crippen LogP contribution in [0, 0.1) is 0 Å². The maximum Gasteiger partial charge on any atom is 0.115 e. The summed E-state index contributed by atoms with van der Waals surface area (Å²) in [5, 5.41) is 9.23. The van der Waals surface area contributed by atoms with Crippen LogP contribution in [0.4, 0.5) is 0 Å². The van der Waals surface area contributed by atoms with Crippen LogP contribution in [0.1, 0.15) is 29.5 Å². The molecular formula is C12H14O. The van der Waals surface area contributed by atoms with Gasteiger partial charge in [0.25, 0.3) is 0 Å². The summed E-state index contributed by atoms with van der Waals surface area (Å²) < 4.78 is 0. The lowest BCUT2D eigenvalue weighted by Gasteiger charge is -2.16. The predicted octanol–water partition coefficient (Wildman–Crippen LogP) is 3.09. The Kier molecular flexibility index (Phi) is 2.09. The molecule has 0 saturated heterocycles. The van der Waals surface area contributed by atoms with Crippen LogP contribution in [0.2, 0.25) is 0 Å². The summed E-state index contributed by atoms with van der Waals surface area (Å²) in [4.78, 5) is 0. The zero-order valence-corrected chi connectivity index (χ0v) is 7.71. The van der Waals surface area contributed by atoms with Crippen molar-refractivity contribution >= 4 is 5.76 Å². The van der Waals surface area contributed by atoms with Crippen LogP contribution in [0.5, 0.6) is 0 Å². The fraction of sp³-hybridized carbons (Fsp3) is 0.333. The van der Waals surface area contributed by atoms with Crippen LogP contribution in [0.25, 0.3) is 5.76 Å². The Labute approximate surface area is 78.7 Å². The zero-order valence-electron chi connectivity index (χ0n) is 7.71. The van der Waals surface area contributed by atoms with Gasteiger partial charge in [0.2, 0.25) is 0 Å². The first-order valence-corrected chi connectivity index (χ1v) is 4.77. The van der Waals surface area contributed by atoms with E-state index in [4.69, 9.17) is 0 Å². The van der Waals surface area contributed by atoms with Gasteiger partial charge in [-0.15, -0.1) is 0 Å². The number of aryl methyl sites for hydroxylation is 2. The number of aliphatic hydroxyl groups is 1. The van der Waals surface area contributed by atoms with Gasteiger partial charge in [-0.05, 0) is 42.9 Å². The highest BCUT2D eigenvalue weighted by molar-refractivity contribution is 5.57. The van der Waals surface area contributed by atoms with Gasteiger partial charge in [-0.25, -0.2) is 0 Å². The van der Waals surface area contributed by atoms with Crippen molar-refractivity contribution in [2.24, 2.45) is 0 Å². The van der Waals surface area contributed by atoms with Gasteiger partial charge in [0.05, 0.1) is 0 Å². The van der Waals surface area contributed by atoms with Crippen molar-refractivity contribution in [3.8, 4) is 0 Å². The fourth-order valence-electron chi connectivity index (χ4n) is 1.91. The van der Waals surface area contributed by atoms with Crippen LogP contribution in [-0.2, 0) is 12.8 Å². The third-order valence-electron chi connectivity index (χ3n) is 2.68. The van der Waals surface area contributed by atoms with E-state index in [1.165, 1.54) is 30.4 Å². The summed E-state index contributed by atoms with van der Waals surface area (Å²) in [5.41, 5.74) is 3.69. The van der Waals surface area contributed by atoms with E-state index < -0.39 is 0 Å². The summed E-state index contributed by atoms with van der Waals surface area (Å²) in [6, 6.07) is 6.13. The smallest absolute Gasteiger partial charge is 0.115 e. The first kappa shape index (κ1) is 8.36. The molecule has 0 amide bonds. The molecule has 1 nitrogen and oxygen atoms in total. The maximum absolute atomic E-state index is 9.23. The minimum atomic E-state index is 0.174. The average molecular weight is 174 g/mol. The van der Waals surface area contributed by atoms with Gasteiger partial charge in [0.1, 0.15) is 5.76 Å². The minimum absolute atomic E-state index is 0.174. The molecule has 0 atom stereocenters. The van der Waals surface area contributed by atoms with Crippen molar-refractivity contribution in [3.63, 3.8) is 0 Å². The number of benzene rings is 1. The predicted molar refractivity (Wildman–Crippen MR) is 54.7 cm³/mol. The van der Waals surface area contributed by atoms with Gasteiger partial charge in [-0.3, -0.25) is 0 Å². The molecule has 1 aromatic carbocycles. The van der Waals surface area contributed by atoms with Crippen LogP contribution in [0.3, 0.4) is 0 Å². The topological polar surface area (TPSA) is 20.2 Å². The Hall–Kier alpha value is -1.24. The summed E-state index contributed by atoms with van der Waals surface area (Å²) in [5.74, 6) is 0.174. The van der Waals surface area contributed by atoms with E-state index in [1.807, 2.05) is 6.07 Å². The Balaban J connectivity index is 2.40. The molecule has 0 bridgehead atoms. The van der Waals surface area contributed by atoms with Crippen molar-refractivity contribution in [2.45, 2.75) is 25.7 Å². The van der Waals surface area contributed by atoms with Gasteiger partial charge >= 0.3 is 0 Å². The second kappa shape index (κ2) is 3.25. The monoisotopic (exact) mass is 174 g/mol. The molecule has 0 saturated carbocycles. The third kappa shape index (κ3) is 1.59. The Morgan fingerprint density at radius 1 is 1.15 bits per heavy atom. The van der Waals surface area contributed by atoms with E-state index in [0.717, 1.165) is 12.0 Å². The Morgan fingerprint density at radius 3 is 2.54 bits per heavy atom. The number of hydrogen-bond acceptors (Lipinski definition) is 1. The first-order chi connectivity index (χ1) is 6.27. The standard InChI is InChI=1S/C12H14O/c1-9(13)11-7-6-10-4-2-3-5-12(10)8-11/h6-8,13H,1-5H2. The second-order valence-electron chi connectivity index (χ2n) is 3.64. The van der Waals surface area contributed by atoms with E-state index in [0.29, 0.717) is 0 Å². The number of aliphatic hydroxyl groups excluding tert-OH is 1. The average Bonchev–Trinajstić information content (AvgIpc) is 2.17. The van der Waals surface area contributed by atoms with Crippen molar-refractivity contribution in [1.29, 1.82) is 0 Å². The molecule has 2 rings (SSSR count). The SMILES string of the molecule is C=C(O)c1ccc2c(c1)CCCC2. The normalized spacial score (nSPS) is 15.1. The molecule has 0 aliphatic heterocycles. The molecule has 1 N–H and O–H groups in total. The summed E-state index contributed by atoms with van der Waals surface area (Å²) >= 11 is 0. The van der Waals surface area contributed by atoms with Gasteiger partial charge in [0.15, 0.2) is 0 Å². The van der Waals surface area contributed by atoms with E-state index in [1.54, 1.807) is 0 Å². The summed E-state index contributed by atoms with van der Waals surface area (Å²) in [7, 11) is 0. The molecule has 0 fully saturated rings. The number of rotatable bonds is 1. The highest BCUT2D eigenvalue weighted by atomic mass is 16.3. The lowest BCUT2D eigenvalue weighted by molar-refractivity contribution is 0.513. The molecule has 68 valence electrons. The molecule has 1 aromatic rings. The van der Waals surface area contributed by atoms with Crippen LogP contribution >= 0.6 is 0 Å². The van der Waals surface area contributed by atoms with E-state index >= 15 is 0 Å². The molecule has 1 aliphatic carbocycles. The van der Waals surface area contributed by atoms with Gasteiger partial charge in [-0.2, -0.15) is 0 Å². The molecule has 13 heavy (non-hydrogen) atoms.